The number of rotatable bonds is 6. The summed E-state index contributed by atoms with van der Waals surface area (Å²) in [6.07, 6.45) is -0.688. The zero-order chi connectivity index (χ0) is 18.1. The first-order valence-corrected chi connectivity index (χ1v) is 7.71. The van der Waals surface area contributed by atoms with Crippen LogP contribution in [0, 0.1) is 11.3 Å². The molecule has 1 N–H and O–H groups in total. The summed E-state index contributed by atoms with van der Waals surface area (Å²) in [5.74, 6) is -0.568. The molecule has 1 atom stereocenters. The highest BCUT2D eigenvalue weighted by atomic mass is 16.6. The van der Waals surface area contributed by atoms with Crippen molar-refractivity contribution in [1.82, 2.24) is 5.32 Å². The lowest BCUT2D eigenvalue weighted by molar-refractivity contribution is -0.146. The first-order valence-electron chi connectivity index (χ1n) is 7.71. The molecule has 2 aromatic carbocycles. The summed E-state index contributed by atoms with van der Waals surface area (Å²) in [5.41, 5.74) is 2.14. The lowest BCUT2D eigenvalue weighted by Gasteiger charge is -2.13. The Hall–Kier alpha value is -3.33. The van der Waals surface area contributed by atoms with Crippen molar-refractivity contribution >= 4 is 12.1 Å². The minimum atomic E-state index is -0.832. The molecule has 0 aliphatic heterocycles. The van der Waals surface area contributed by atoms with E-state index in [1.807, 2.05) is 36.4 Å². The van der Waals surface area contributed by atoms with E-state index in [2.05, 4.69) is 5.32 Å². The molecule has 0 aromatic heterocycles. The third-order valence-corrected chi connectivity index (χ3v) is 3.36. The molecule has 0 fully saturated rings. The van der Waals surface area contributed by atoms with Crippen molar-refractivity contribution in [3.05, 3.63) is 71.3 Å². The minimum absolute atomic E-state index is 0.0651. The number of benzene rings is 2. The van der Waals surface area contributed by atoms with E-state index in [0.717, 1.165) is 11.1 Å². The lowest BCUT2D eigenvalue weighted by atomic mass is 10.2. The highest BCUT2D eigenvalue weighted by molar-refractivity contribution is 5.80. The van der Waals surface area contributed by atoms with Crippen LogP contribution in [0.5, 0.6) is 0 Å². The van der Waals surface area contributed by atoms with Crippen LogP contribution in [0.4, 0.5) is 4.79 Å². The van der Waals surface area contributed by atoms with Crippen LogP contribution in [0.25, 0.3) is 0 Å². The molecule has 0 aliphatic carbocycles. The highest BCUT2D eigenvalue weighted by Crippen LogP contribution is 2.06. The molecule has 128 valence electrons. The van der Waals surface area contributed by atoms with Crippen molar-refractivity contribution < 1.29 is 19.1 Å². The largest absolute Gasteiger partial charge is 0.459 e. The van der Waals surface area contributed by atoms with Gasteiger partial charge in [0.2, 0.25) is 0 Å². The number of carbonyl (C=O) groups is 2. The van der Waals surface area contributed by atoms with E-state index in [-0.39, 0.29) is 13.2 Å². The number of alkyl carbamates (subject to hydrolysis) is 1. The molecule has 0 aliphatic rings. The number of nitrogens with zero attached hydrogens (tertiary/aromatic N) is 1. The number of ether oxygens (including phenoxy) is 2. The molecular formula is C19H18N2O4. The molecule has 0 bridgehead atoms. The van der Waals surface area contributed by atoms with E-state index < -0.39 is 18.1 Å². The van der Waals surface area contributed by atoms with Crippen molar-refractivity contribution in [2.24, 2.45) is 0 Å². The van der Waals surface area contributed by atoms with Gasteiger partial charge in [-0.3, -0.25) is 0 Å². The predicted octanol–water partition coefficient (Wildman–Crippen LogP) is 2.92. The predicted molar refractivity (Wildman–Crippen MR) is 90.2 cm³/mol. The van der Waals surface area contributed by atoms with Crippen LogP contribution < -0.4 is 5.32 Å². The fourth-order valence-electron chi connectivity index (χ4n) is 1.96. The fourth-order valence-corrected chi connectivity index (χ4v) is 1.96. The van der Waals surface area contributed by atoms with Crippen LogP contribution in [-0.2, 0) is 27.5 Å². The molecule has 6 nitrogen and oxygen atoms in total. The van der Waals surface area contributed by atoms with Crippen molar-refractivity contribution in [2.75, 3.05) is 0 Å². The number of amides is 1. The summed E-state index contributed by atoms with van der Waals surface area (Å²) in [5, 5.41) is 11.2. The second-order valence-corrected chi connectivity index (χ2v) is 5.34. The topological polar surface area (TPSA) is 88.4 Å². The van der Waals surface area contributed by atoms with E-state index in [4.69, 9.17) is 14.7 Å². The Kier molecular flexibility index (Phi) is 6.55. The van der Waals surface area contributed by atoms with Gasteiger partial charge in [-0.2, -0.15) is 5.26 Å². The van der Waals surface area contributed by atoms with Gasteiger partial charge in [0.25, 0.3) is 0 Å². The van der Waals surface area contributed by atoms with E-state index in [1.54, 1.807) is 24.3 Å². The van der Waals surface area contributed by atoms with E-state index in [9.17, 15) is 9.59 Å². The number of hydrogen-bond donors (Lipinski definition) is 1. The second kappa shape index (κ2) is 9.08. The maximum Gasteiger partial charge on any atom is 0.408 e. The van der Waals surface area contributed by atoms with Gasteiger partial charge in [0.1, 0.15) is 19.3 Å². The smallest absolute Gasteiger partial charge is 0.408 e. The molecule has 0 radical (unpaired) electrons. The second-order valence-electron chi connectivity index (χ2n) is 5.34. The van der Waals surface area contributed by atoms with Gasteiger partial charge in [-0.1, -0.05) is 42.5 Å². The van der Waals surface area contributed by atoms with Crippen LogP contribution in [0.15, 0.2) is 54.6 Å². The molecule has 1 amide bonds. The summed E-state index contributed by atoms with van der Waals surface area (Å²) in [4.78, 5) is 23.6. The SMILES string of the molecule is C[C@H](NC(=O)OCc1ccccc1)C(=O)OCc1ccc(C#N)cc1. The van der Waals surface area contributed by atoms with Gasteiger partial charge in [-0.05, 0) is 30.2 Å². The zero-order valence-electron chi connectivity index (χ0n) is 13.8. The molecule has 25 heavy (non-hydrogen) atoms. The summed E-state index contributed by atoms with van der Waals surface area (Å²) in [7, 11) is 0. The Labute approximate surface area is 146 Å². The van der Waals surface area contributed by atoms with Gasteiger partial charge >= 0.3 is 12.1 Å². The van der Waals surface area contributed by atoms with Crippen LogP contribution in [0.1, 0.15) is 23.6 Å². The maximum atomic E-state index is 11.9. The average molecular weight is 338 g/mol. The monoisotopic (exact) mass is 338 g/mol. The van der Waals surface area contributed by atoms with Crippen molar-refractivity contribution in [3.8, 4) is 6.07 Å². The molecule has 0 heterocycles. The number of esters is 1. The van der Waals surface area contributed by atoms with Crippen molar-refractivity contribution in [1.29, 1.82) is 5.26 Å². The Morgan fingerprint density at radius 2 is 1.60 bits per heavy atom. The summed E-state index contributed by atoms with van der Waals surface area (Å²) in [6, 6.07) is 17.1. The van der Waals surface area contributed by atoms with Crippen molar-refractivity contribution in [2.45, 2.75) is 26.2 Å². The minimum Gasteiger partial charge on any atom is -0.459 e. The quantitative estimate of drug-likeness (QED) is 0.818. The third-order valence-electron chi connectivity index (χ3n) is 3.36. The molecule has 0 saturated heterocycles. The number of carbonyl (C=O) groups excluding carboxylic acids is 2. The van der Waals surface area contributed by atoms with Crippen LogP contribution in [0.3, 0.4) is 0 Å². The normalized spacial score (nSPS) is 11.0. The molecular weight excluding hydrogens is 320 g/mol. The summed E-state index contributed by atoms with van der Waals surface area (Å²) in [6.45, 7) is 1.71. The highest BCUT2D eigenvalue weighted by Gasteiger charge is 2.18. The van der Waals surface area contributed by atoms with Gasteiger partial charge in [0, 0.05) is 0 Å². The van der Waals surface area contributed by atoms with Gasteiger partial charge in [-0.25, -0.2) is 9.59 Å². The summed E-state index contributed by atoms with van der Waals surface area (Å²) >= 11 is 0. The third kappa shape index (κ3) is 5.99. The molecule has 6 heteroatoms. The van der Waals surface area contributed by atoms with E-state index in [1.165, 1.54) is 6.92 Å². The average Bonchev–Trinajstić information content (AvgIpc) is 2.65. The van der Waals surface area contributed by atoms with Crippen LogP contribution in [0.2, 0.25) is 0 Å². The van der Waals surface area contributed by atoms with Crippen molar-refractivity contribution in [3.63, 3.8) is 0 Å². The molecule has 2 rings (SSSR count). The molecule has 0 unspecified atom stereocenters. The number of nitriles is 1. The Balaban J connectivity index is 1.73. The Morgan fingerprint density at radius 1 is 1.00 bits per heavy atom. The Bertz CT molecular complexity index is 751. The van der Waals surface area contributed by atoms with Crippen LogP contribution in [-0.4, -0.2) is 18.1 Å². The Morgan fingerprint density at radius 3 is 2.24 bits per heavy atom. The first-order chi connectivity index (χ1) is 12.1. The number of nitrogens with one attached hydrogen (secondary N) is 1. The molecule has 0 saturated carbocycles. The summed E-state index contributed by atoms with van der Waals surface area (Å²) < 4.78 is 10.2. The lowest BCUT2D eigenvalue weighted by Crippen LogP contribution is -2.39. The van der Waals surface area contributed by atoms with E-state index in [0.29, 0.717) is 5.56 Å². The van der Waals surface area contributed by atoms with Gasteiger partial charge in [0.15, 0.2) is 0 Å². The van der Waals surface area contributed by atoms with Gasteiger partial charge in [0.05, 0.1) is 11.6 Å². The maximum absolute atomic E-state index is 11.9. The standard InChI is InChI=1S/C19H18N2O4/c1-14(21-19(23)25-13-16-5-3-2-4-6-16)18(22)24-12-17-9-7-15(11-20)8-10-17/h2-10,14H,12-13H2,1H3,(H,21,23)/t14-/m0/s1. The van der Waals surface area contributed by atoms with Gasteiger partial charge in [-0.15, -0.1) is 0 Å². The fraction of sp³-hybridized carbons (Fsp3) is 0.211. The van der Waals surface area contributed by atoms with Crippen LogP contribution >= 0.6 is 0 Å². The number of hydrogen-bond acceptors (Lipinski definition) is 5. The first kappa shape index (κ1) is 18.0. The molecule has 2 aromatic rings. The zero-order valence-corrected chi connectivity index (χ0v) is 13.8. The molecule has 0 spiro atoms. The van der Waals surface area contributed by atoms with Gasteiger partial charge < -0.3 is 14.8 Å². The van der Waals surface area contributed by atoms with E-state index >= 15 is 0 Å².